The number of carbonyl (C=O) groups is 1. The molecule has 0 aromatic heterocycles. The van der Waals surface area contributed by atoms with Gasteiger partial charge in [-0.3, -0.25) is 0 Å². The lowest BCUT2D eigenvalue weighted by molar-refractivity contribution is -0.129. The number of hydrogen-bond donors (Lipinski definition) is 1. The first-order chi connectivity index (χ1) is 10.5. The van der Waals surface area contributed by atoms with Gasteiger partial charge in [-0.25, -0.2) is 4.79 Å². The van der Waals surface area contributed by atoms with Crippen molar-refractivity contribution in [2.75, 3.05) is 13.2 Å². The fraction of sp³-hybridized carbons (Fsp3) is 0.188. The van der Waals surface area contributed by atoms with Gasteiger partial charge in [0, 0.05) is 16.1 Å². The monoisotopic (exact) mass is 338 g/mol. The molecule has 2 aromatic rings. The summed E-state index contributed by atoms with van der Waals surface area (Å²) in [6, 6.07) is 11.8. The maximum atomic E-state index is 11.1. The van der Waals surface area contributed by atoms with Crippen molar-refractivity contribution in [2.24, 2.45) is 0 Å². The first-order valence-corrected chi connectivity index (χ1v) is 7.36. The Hall–Kier alpha value is -1.59. The highest BCUT2D eigenvalue weighted by atomic mass is 35.5. The van der Waals surface area contributed by atoms with E-state index in [0.29, 0.717) is 23.8 Å². The van der Waals surface area contributed by atoms with Crippen LogP contribution in [0.3, 0.4) is 0 Å². The number of carboxylic acids is 1. The summed E-state index contributed by atoms with van der Waals surface area (Å²) in [4.78, 5) is 11.1. The van der Waals surface area contributed by atoms with Gasteiger partial charge >= 0.3 is 5.97 Å². The Morgan fingerprint density at radius 2 is 1.59 bits per heavy atom. The molecule has 0 aliphatic carbocycles. The summed E-state index contributed by atoms with van der Waals surface area (Å²) in [5.41, 5.74) is 1.45. The van der Waals surface area contributed by atoms with E-state index >= 15 is 0 Å². The van der Waals surface area contributed by atoms with E-state index in [1.54, 1.807) is 24.3 Å². The lowest BCUT2D eigenvalue weighted by Crippen LogP contribution is -2.28. The second-order valence-corrected chi connectivity index (χ2v) is 5.66. The predicted octanol–water partition coefficient (Wildman–Crippen LogP) is 3.94. The van der Waals surface area contributed by atoms with Crippen molar-refractivity contribution in [1.82, 2.24) is 0 Å². The number of hydrogen-bond acceptors (Lipinski definition) is 3. The molecular weight excluding hydrogens is 327 g/mol. The van der Waals surface area contributed by atoms with E-state index in [1.807, 2.05) is 12.1 Å². The number of halogens is 2. The lowest BCUT2D eigenvalue weighted by atomic mass is 9.96. The topological polar surface area (TPSA) is 55.8 Å². The Balaban J connectivity index is 2.10. The van der Waals surface area contributed by atoms with Gasteiger partial charge in [0.2, 0.25) is 5.79 Å². The Kier molecular flexibility index (Phi) is 4.10. The largest absolute Gasteiger partial charge is 0.478 e. The van der Waals surface area contributed by atoms with Crippen LogP contribution in [0.1, 0.15) is 21.5 Å². The summed E-state index contributed by atoms with van der Waals surface area (Å²) >= 11 is 12.0. The molecule has 0 unspecified atom stereocenters. The van der Waals surface area contributed by atoms with Crippen molar-refractivity contribution < 1.29 is 19.4 Å². The van der Waals surface area contributed by atoms with Crippen molar-refractivity contribution in [3.05, 3.63) is 69.2 Å². The van der Waals surface area contributed by atoms with Crippen molar-refractivity contribution in [3.8, 4) is 0 Å². The van der Waals surface area contributed by atoms with E-state index in [0.717, 1.165) is 5.56 Å². The summed E-state index contributed by atoms with van der Waals surface area (Å²) in [5.74, 6) is -2.17. The molecule has 3 rings (SSSR count). The third-order valence-electron chi connectivity index (χ3n) is 3.50. The van der Waals surface area contributed by atoms with Crippen LogP contribution in [-0.4, -0.2) is 24.3 Å². The second kappa shape index (κ2) is 5.89. The number of rotatable bonds is 3. The van der Waals surface area contributed by atoms with Crippen molar-refractivity contribution in [1.29, 1.82) is 0 Å². The van der Waals surface area contributed by atoms with Gasteiger partial charge in [-0.05, 0) is 24.3 Å². The zero-order chi connectivity index (χ0) is 15.7. The summed E-state index contributed by atoms with van der Waals surface area (Å²) < 4.78 is 11.7. The van der Waals surface area contributed by atoms with Crippen molar-refractivity contribution in [2.45, 2.75) is 5.79 Å². The molecule has 1 heterocycles. The van der Waals surface area contributed by atoms with E-state index in [9.17, 15) is 4.79 Å². The van der Waals surface area contributed by atoms with E-state index < -0.39 is 11.8 Å². The molecule has 0 atom stereocenters. The Morgan fingerprint density at radius 3 is 2.14 bits per heavy atom. The molecule has 4 nitrogen and oxygen atoms in total. The number of ether oxygens (including phenoxy) is 2. The number of carboxylic acid groups (broad SMARTS) is 1. The van der Waals surface area contributed by atoms with Crippen LogP contribution in [0.2, 0.25) is 10.0 Å². The first-order valence-electron chi connectivity index (χ1n) is 6.60. The van der Waals surface area contributed by atoms with E-state index in [-0.39, 0.29) is 10.6 Å². The van der Waals surface area contributed by atoms with Crippen LogP contribution in [0.5, 0.6) is 0 Å². The minimum absolute atomic E-state index is 0.0367. The Bertz CT molecular complexity index is 707. The van der Waals surface area contributed by atoms with Gasteiger partial charge in [0.15, 0.2) is 0 Å². The van der Waals surface area contributed by atoms with Crippen molar-refractivity contribution >= 4 is 29.2 Å². The third kappa shape index (κ3) is 2.59. The maximum absolute atomic E-state index is 11.1. The van der Waals surface area contributed by atoms with E-state index in [2.05, 4.69) is 0 Å². The average molecular weight is 339 g/mol. The van der Waals surface area contributed by atoms with Crippen molar-refractivity contribution in [3.63, 3.8) is 0 Å². The molecule has 0 spiro atoms. The van der Waals surface area contributed by atoms with Crippen LogP contribution in [-0.2, 0) is 15.3 Å². The number of aromatic carboxylic acids is 1. The quantitative estimate of drug-likeness (QED) is 0.920. The molecular formula is C16H12Cl2O4. The summed E-state index contributed by atoms with van der Waals surface area (Å²) in [6.07, 6.45) is 0. The van der Waals surface area contributed by atoms with Gasteiger partial charge in [-0.2, -0.15) is 0 Å². The molecule has 1 saturated heterocycles. The average Bonchev–Trinajstić information content (AvgIpc) is 2.98. The van der Waals surface area contributed by atoms with Gasteiger partial charge in [0.1, 0.15) is 0 Å². The minimum atomic E-state index is -1.09. The van der Waals surface area contributed by atoms with E-state index in [4.69, 9.17) is 37.8 Å². The zero-order valence-corrected chi connectivity index (χ0v) is 12.9. The van der Waals surface area contributed by atoms with Crippen LogP contribution in [0, 0.1) is 0 Å². The molecule has 0 bridgehead atoms. The summed E-state index contributed by atoms with van der Waals surface area (Å²) in [7, 11) is 0. The molecule has 1 fully saturated rings. The Morgan fingerprint density at radius 1 is 1.00 bits per heavy atom. The van der Waals surface area contributed by atoms with Gasteiger partial charge < -0.3 is 14.6 Å². The molecule has 114 valence electrons. The summed E-state index contributed by atoms with van der Waals surface area (Å²) in [5, 5.41) is 9.82. The van der Waals surface area contributed by atoms with Crippen LogP contribution in [0.25, 0.3) is 0 Å². The number of benzene rings is 2. The lowest BCUT2D eigenvalue weighted by Gasteiger charge is -2.28. The van der Waals surface area contributed by atoms with Crippen LogP contribution in [0.15, 0.2) is 42.5 Å². The molecule has 1 N–H and O–H groups in total. The van der Waals surface area contributed by atoms with Crippen LogP contribution < -0.4 is 0 Å². The van der Waals surface area contributed by atoms with Gasteiger partial charge in [0.05, 0.1) is 23.8 Å². The highest BCUT2D eigenvalue weighted by Crippen LogP contribution is 2.40. The predicted molar refractivity (Wildman–Crippen MR) is 82.5 cm³/mol. The molecule has 22 heavy (non-hydrogen) atoms. The molecule has 0 radical (unpaired) electrons. The SMILES string of the molecule is O=C(O)c1ccc(C2(c3ccc(Cl)cc3)OCCO2)cc1Cl. The van der Waals surface area contributed by atoms with Crippen LogP contribution in [0.4, 0.5) is 0 Å². The highest BCUT2D eigenvalue weighted by Gasteiger charge is 2.41. The zero-order valence-electron chi connectivity index (χ0n) is 11.4. The highest BCUT2D eigenvalue weighted by molar-refractivity contribution is 6.33. The molecule has 1 aliphatic rings. The molecule has 2 aromatic carbocycles. The second-order valence-electron chi connectivity index (χ2n) is 4.82. The fourth-order valence-electron chi connectivity index (χ4n) is 2.48. The third-order valence-corrected chi connectivity index (χ3v) is 4.06. The van der Waals surface area contributed by atoms with E-state index in [1.165, 1.54) is 6.07 Å². The molecule has 1 aliphatic heterocycles. The first kappa shape index (κ1) is 15.3. The molecule has 0 amide bonds. The normalized spacial score (nSPS) is 16.6. The van der Waals surface area contributed by atoms with Gasteiger partial charge in [-0.15, -0.1) is 0 Å². The standard InChI is InChI=1S/C16H12Cl2O4/c17-12-4-1-10(2-5-12)16(21-7-8-22-16)11-3-6-13(15(19)20)14(18)9-11/h1-6,9H,7-8H2,(H,19,20). The fourth-order valence-corrected chi connectivity index (χ4v) is 2.86. The minimum Gasteiger partial charge on any atom is -0.478 e. The summed E-state index contributed by atoms with van der Waals surface area (Å²) in [6.45, 7) is 0.863. The van der Waals surface area contributed by atoms with Gasteiger partial charge in [-0.1, -0.05) is 41.4 Å². The Labute approximate surface area is 137 Å². The van der Waals surface area contributed by atoms with Gasteiger partial charge in [0.25, 0.3) is 0 Å². The van der Waals surface area contributed by atoms with Crippen LogP contribution >= 0.6 is 23.2 Å². The molecule has 6 heteroatoms. The molecule has 0 saturated carbocycles. The maximum Gasteiger partial charge on any atom is 0.337 e. The smallest absolute Gasteiger partial charge is 0.337 e.